The summed E-state index contributed by atoms with van der Waals surface area (Å²) in [6.45, 7) is 0. The van der Waals surface area contributed by atoms with Crippen molar-refractivity contribution in [3.05, 3.63) is 0 Å². The Labute approximate surface area is 204 Å². The fraction of sp³-hybridized carbons (Fsp3) is 0.429. The molecule has 0 aromatic carbocycles. The third kappa shape index (κ3) is 13.0. The summed E-state index contributed by atoms with van der Waals surface area (Å²) in [6, 6.07) is -1.26. The molecule has 2 N–H and O–H groups in total. The van der Waals surface area contributed by atoms with Crippen molar-refractivity contribution in [2.75, 3.05) is 0 Å². The molecule has 9 nitrogen and oxygen atoms in total. The number of hydrogen-bond donors (Lipinski definition) is 5. The molecule has 0 aromatic heterocycles. The van der Waals surface area contributed by atoms with Gasteiger partial charge in [-0.3, -0.25) is 4.79 Å². The van der Waals surface area contributed by atoms with Crippen LogP contribution in [0, 0.1) is 71.2 Å². The quantitative estimate of drug-likeness (QED) is 0.172. The zero-order valence-corrected chi connectivity index (χ0v) is 21.7. The molecular weight excluding hydrogens is 628 g/mol. The summed E-state index contributed by atoms with van der Waals surface area (Å²) in [5.41, 5.74) is 5.38. The third-order valence-electron chi connectivity index (χ3n) is 1.68. The Morgan fingerprint density at radius 3 is 1.73 bits per heavy atom. The van der Waals surface area contributed by atoms with Crippen molar-refractivity contribution in [1.82, 2.24) is 7.42 Å². The molecule has 120 valence electrons. The van der Waals surface area contributed by atoms with Crippen LogP contribution in [0.25, 0.3) is 0 Å². The Hall–Kier alpha value is 1.63. The normalized spacial score (nSPS) is 10.2. The maximum atomic E-state index is 11.3. The van der Waals surface area contributed by atoms with Gasteiger partial charge in [0.1, 0.15) is 6.04 Å². The largest absolute Gasteiger partial charge is 0.437 e. The first-order valence-corrected chi connectivity index (χ1v) is 6.36. The van der Waals surface area contributed by atoms with Gasteiger partial charge < -0.3 is 15.2 Å². The maximum absolute atomic E-state index is 11.3. The van der Waals surface area contributed by atoms with Crippen molar-refractivity contribution in [3.8, 4) is 0 Å². The molecule has 0 aliphatic rings. The van der Waals surface area contributed by atoms with Gasteiger partial charge in [-0.1, -0.05) is 0 Å². The molecule has 1 atom stereocenters. The third-order valence-corrected chi connectivity index (χ3v) is 2.33. The van der Waals surface area contributed by atoms with Crippen molar-refractivity contribution < 1.29 is 99.8 Å². The number of ether oxygens (including phenoxy) is 2. The van der Waals surface area contributed by atoms with Crippen molar-refractivity contribution in [2.45, 2.75) is 18.9 Å². The molecule has 0 rings (SSSR count). The number of carbonyl (C=O) groups excluding carboxylic acids is 4. The number of nitrogens with zero attached hydrogens (tertiary/aromatic N) is 2. The van der Waals surface area contributed by atoms with E-state index < -0.39 is 30.2 Å². The Kier molecular flexibility index (Phi) is 19.3. The fourth-order valence-corrected chi connectivity index (χ4v) is 0.946. The summed E-state index contributed by atoms with van der Waals surface area (Å²) >= 11 is 13.9. The average molecular weight is 639 g/mol. The van der Waals surface area contributed by atoms with Crippen molar-refractivity contribution in [2.24, 2.45) is 5.73 Å². The zero-order chi connectivity index (χ0) is 15.9. The van der Waals surface area contributed by atoms with Crippen molar-refractivity contribution in [1.29, 1.82) is 0 Å². The van der Waals surface area contributed by atoms with Crippen molar-refractivity contribution >= 4 is 75.4 Å². The van der Waals surface area contributed by atoms with E-state index in [1.54, 1.807) is 0 Å². The maximum Gasteiger partial charge on any atom is 0.437 e. The monoisotopic (exact) mass is 639 g/mol. The van der Waals surface area contributed by atoms with Crippen LogP contribution in [0.15, 0.2) is 0 Å². The molecular formula is C7H11La2N3O6S4. The molecule has 0 spiro atoms. The Morgan fingerprint density at radius 2 is 1.32 bits per heavy atom. The first-order valence-electron chi connectivity index (χ1n) is 4.76. The van der Waals surface area contributed by atoms with Crippen LogP contribution in [0.3, 0.4) is 0 Å². The van der Waals surface area contributed by atoms with Crippen molar-refractivity contribution in [3.63, 3.8) is 0 Å². The molecule has 0 saturated carbocycles. The Morgan fingerprint density at radius 1 is 0.909 bits per heavy atom. The first kappa shape index (κ1) is 28.4. The summed E-state index contributed by atoms with van der Waals surface area (Å²) in [5, 5.41) is 0. The summed E-state index contributed by atoms with van der Waals surface area (Å²) in [7, 11) is 0. The topological polar surface area (TPSA) is 119 Å². The fourth-order valence-electron chi connectivity index (χ4n) is 0.783. The van der Waals surface area contributed by atoms with Crippen LogP contribution >= 0.6 is 51.3 Å². The number of hydrogen-bond acceptors (Lipinski definition) is 11. The smallest absolute Gasteiger partial charge is 0.375 e. The number of nitrogens with two attached hydrogens (primary N) is 1. The number of thiol groups is 4. The minimum atomic E-state index is -1.26. The van der Waals surface area contributed by atoms with Gasteiger partial charge in [0.25, 0.3) is 0 Å². The second-order valence-electron chi connectivity index (χ2n) is 3.15. The number of esters is 2. The number of carbonyl (C=O) groups is 4. The molecule has 0 aliphatic heterocycles. The van der Waals surface area contributed by atoms with Gasteiger partial charge in [-0.15, -0.1) is 0 Å². The van der Waals surface area contributed by atoms with Gasteiger partial charge in [0.2, 0.25) is 0 Å². The molecule has 0 aromatic rings. The summed E-state index contributed by atoms with van der Waals surface area (Å²) in [6.07, 6.45) is -2.79. The van der Waals surface area contributed by atoms with Gasteiger partial charge in [0.05, 0.1) is 0 Å². The second-order valence-corrected chi connectivity index (χ2v) is 5.38. The molecule has 2 amide bonds. The van der Waals surface area contributed by atoms with E-state index in [0.717, 1.165) is 0 Å². The molecule has 0 unspecified atom stereocenters. The van der Waals surface area contributed by atoms with Crippen LogP contribution in [0.4, 0.5) is 9.59 Å². The van der Waals surface area contributed by atoms with E-state index >= 15 is 0 Å². The Balaban J connectivity index is -0.00000180. The molecule has 0 bridgehead atoms. The predicted molar refractivity (Wildman–Crippen MR) is 79.8 cm³/mol. The van der Waals surface area contributed by atoms with Gasteiger partial charge in [0.15, 0.2) is 0 Å². The molecule has 0 fully saturated rings. The first-order chi connectivity index (χ1) is 9.15. The van der Waals surface area contributed by atoms with Gasteiger partial charge in [-0.05, 0) is 57.7 Å². The van der Waals surface area contributed by atoms with E-state index in [2.05, 4.69) is 60.7 Å². The molecule has 0 heterocycles. The van der Waals surface area contributed by atoms with Crippen LogP contribution in [0.5, 0.6) is 0 Å². The summed E-state index contributed by atoms with van der Waals surface area (Å²) in [4.78, 5) is 44.3. The van der Waals surface area contributed by atoms with Gasteiger partial charge in [-0.25, -0.2) is 14.4 Å². The SMILES string of the molecule is N[C@@H](CCC(=O)OC(=O)N(S)S)C(=O)OC(=O)N(S)S.[La].[La]. The minimum Gasteiger partial charge on any atom is -0.375 e. The van der Waals surface area contributed by atoms with Gasteiger partial charge in [0, 0.05) is 77.6 Å². The van der Waals surface area contributed by atoms with Crippen LogP contribution in [0.1, 0.15) is 12.8 Å². The zero-order valence-electron chi connectivity index (χ0n) is 10.9. The summed E-state index contributed by atoms with van der Waals surface area (Å²) in [5.74, 6) is -2.02. The van der Waals surface area contributed by atoms with Crippen LogP contribution < -0.4 is 5.73 Å². The molecule has 15 heteroatoms. The molecule has 2 radical (unpaired) electrons. The summed E-state index contributed by atoms with van der Waals surface area (Å²) < 4.78 is 9.39. The second kappa shape index (κ2) is 14.9. The average Bonchev–Trinajstić information content (AvgIpc) is 2.35. The van der Waals surface area contributed by atoms with Crippen LogP contribution in [-0.4, -0.2) is 37.6 Å². The number of rotatable bonds is 4. The van der Waals surface area contributed by atoms with Gasteiger partial charge >= 0.3 is 24.1 Å². The van der Waals surface area contributed by atoms with E-state index in [9.17, 15) is 19.2 Å². The van der Waals surface area contributed by atoms with E-state index in [0.29, 0.717) is 7.42 Å². The van der Waals surface area contributed by atoms with Crippen LogP contribution in [0.2, 0.25) is 0 Å². The van der Waals surface area contributed by atoms with Crippen LogP contribution in [-0.2, 0) is 19.1 Å². The van der Waals surface area contributed by atoms with E-state index in [4.69, 9.17) is 5.73 Å². The standard InChI is InChI=1S/C7H11N3O6S4.2La/c8-3(5(12)16-7(14)10(19)20)1-2-4(11)15-6(13)9(17)18;;/h3,17-20H,1-2,8H2;;/t3-;;/m0../s1. The van der Waals surface area contributed by atoms with Gasteiger partial charge in [-0.2, -0.15) is 7.42 Å². The molecule has 0 saturated heterocycles. The minimum absolute atomic E-state index is 0. The predicted octanol–water partition coefficient (Wildman–Crippen LogP) is 0.403. The van der Waals surface area contributed by atoms with E-state index in [1.165, 1.54) is 0 Å². The Bertz CT molecular complexity index is 414. The molecule has 0 aliphatic carbocycles. The molecule has 22 heavy (non-hydrogen) atoms. The number of amides is 2. The van der Waals surface area contributed by atoms with E-state index in [-0.39, 0.29) is 84.0 Å². The van der Waals surface area contributed by atoms with E-state index in [1.807, 2.05) is 0 Å².